The van der Waals surface area contributed by atoms with Gasteiger partial charge in [-0.2, -0.15) is 0 Å². The number of halogens is 1. The van der Waals surface area contributed by atoms with Gasteiger partial charge < -0.3 is 4.52 Å². The molecule has 8 heteroatoms. The molecule has 0 spiro atoms. The molecule has 5 nitrogen and oxygen atoms in total. The summed E-state index contributed by atoms with van der Waals surface area (Å²) in [5, 5.41) is 4.31. The molecule has 0 aliphatic heterocycles. The van der Waals surface area contributed by atoms with Crippen molar-refractivity contribution < 1.29 is 12.9 Å². The van der Waals surface area contributed by atoms with Crippen LogP contribution in [-0.4, -0.2) is 20.1 Å². The van der Waals surface area contributed by atoms with Crippen molar-refractivity contribution in [2.75, 3.05) is 6.54 Å². The second kappa shape index (κ2) is 7.06. The molecule has 0 bridgehead atoms. The fourth-order valence-electron chi connectivity index (χ4n) is 2.26. The molecule has 0 saturated carbocycles. The van der Waals surface area contributed by atoms with Crippen molar-refractivity contribution in [2.45, 2.75) is 18.2 Å². The quantitative estimate of drug-likeness (QED) is 0.702. The van der Waals surface area contributed by atoms with Gasteiger partial charge in [0.2, 0.25) is 10.0 Å². The average Bonchev–Trinajstić information content (AvgIpc) is 3.18. The molecule has 0 aliphatic rings. The van der Waals surface area contributed by atoms with E-state index < -0.39 is 10.0 Å². The number of sulfonamides is 1. The molecule has 0 radical (unpaired) electrons. The standard InChI is InChI=1S/C16H15ClN2O3S2/c1-11-16(10-15(23-11)14-7-8-18-22-14)24(20,21)19-9-6-12-2-4-13(17)5-3-12/h2-5,7-8,10,19H,6,9H2,1H3. The average molecular weight is 383 g/mol. The molecule has 1 aromatic carbocycles. The Kier molecular flexibility index (Phi) is 5.05. The molecule has 1 N–H and O–H groups in total. The first kappa shape index (κ1) is 17.2. The normalized spacial score (nSPS) is 11.8. The zero-order chi connectivity index (χ0) is 17.2. The zero-order valence-electron chi connectivity index (χ0n) is 12.8. The smallest absolute Gasteiger partial charge is 0.241 e. The predicted octanol–water partition coefficient (Wildman–Crippen LogP) is 3.89. The first-order valence-corrected chi connectivity index (χ1v) is 9.89. The van der Waals surface area contributed by atoms with Crippen LogP contribution in [0.25, 0.3) is 10.6 Å². The van der Waals surface area contributed by atoms with E-state index in [1.807, 2.05) is 12.1 Å². The van der Waals surface area contributed by atoms with Crippen LogP contribution in [0.3, 0.4) is 0 Å². The van der Waals surface area contributed by atoms with Gasteiger partial charge in [0.1, 0.15) is 0 Å². The molecule has 24 heavy (non-hydrogen) atoms. The SMILES string of the molecule is Cc1sc(-c2ccno2)cc1S(=O)(=O)NCCc1ccc(Cl)cc1. The van der Waals surface area contributed by atoms with Gasteiger partial charge in [-0.15, -0.1) is 11.3 Å². The zero-order valence-corrected chi connectivity index (χ0v) is 15.2. The predicted molar refractivity (Wildman–Crippen MR) is 94.9 cm³/mol. The van der Waals surface area contributed by atoms with Crippen LogP contribution in [0.15, 0.2) is 52.0 Å². The molecular formula is C16H15ClN2O3S2. The van der Waals surface area contributed by atoms with Crippen molar-refractivity contribution in [1.82, 2.24) is 9.88 Å². The van der Waals surface area contributed by atoms with Gasteiger partial charge in [0, 0.05) is 22.5 Å². The van der Waals surface area contributed by atoms with Crippen LogP contribution in [0.4, 0.5) is 0 Å². The number of rotatable bonds is 6. The lowest BCUT2D eigenvalue weighted by Gasteiger charge is -2.06. The van der Waals surface area contributed by atoms with Gasteiger partial charge >= 0.3 is 0 Å². The number of nitrogens with one attached hydrogen (secondary N) is 1. The molecule has 0 aliphatic carbocycles. The number of nitrogens with zero attached hydrogens (tertiary/aromatic N) is 1. The fraction of sp³-hybridized carbons (Fsp3) is 0.188. The van der Waals surface area contributed by atoms with Gasteiger partial charge in [0.15, 0.2) is 5.76 Å². The number of thiophene rings is 1. The molecule has 0 atom stereocenters. The molecule has 0 saturated heterocycles. The highest BCUT2D eigenvalue weighted by Gasteiger charge is 2.21. The number of aryl methyl sites for hydroxylation is 1. The topological polar surface area (TPSA) is 72.2 Å². The van der Waals surface area contributed by atoms with Gasteiger partial charge in [-0.3, -0.25) is 0 Å². The maximum absolute atomic E-state index is 12.5. The minimum absolute atomic E-state index is 0.273. The fourth-order valence-corrected chi connectivity index (χ4v) is 4.96. The summed E-state index contributed by atoms with van der Waals surface area (Å²) in [6.45, 7) is 2.09. The van der Waals surface area contributed by atoms with Crippen LogP contribution < -0.4 is 4.72 Å². The van der Waals surface area contributed by atoms with Gasteiger partial charge in [-0.25, -0.2) is 13.1 Å². The van der Waals surface area contributed by atoms with Crippen LogP contribution in [0.1, 0.15) is 10.4 Å². The van der Waals surface area contributed by atoms with E-state index in [1.54, 1.807) is 31.2 Å². The largest absolute Gasteiger partial charge is 0.355 e. The van der Waals surface area contributed by atoms with Crippen molar-refractivity contribution in [3.05, 3.63) is 58.1 Å². The number of benzene rings is 1. The molecular weight excluding hydrogens is 368 g/mol. The van der Waals surface area contributed by atoms with Crippen LogP contribution in [-0.2, 0) is 16.4 Å². The summed E-state index contributed by atoms with van der Waals surface area (Å²) in [6, 6.07) is 10.7. The number of hydrogen-bond donors (Lipinski definition) is 1. The first-order chi connectivity index (χ1) is 11.5. The summed E-state index contributed by atoms with van der Waals surface area (Å²) in [6.07, 6.45) is 2.12. The molecule has 3 aromatic rings. The summed E-state index contributed by atoms with van der Waals surface area (Å²) < 4.78 is 32.7. The van der Waals surface area contributed by atoms with Crippen LogP contribution in [0.5, 0.6) is 0 Å². The maximum Gasteiger partial charge on any atom is 0.241 e. The van der Waals surface area contributed by atoms with Crippen LogP contribution >= 0.6 is 22.9 Å². The number of hydrogen-bond acceptors (Lipinski definition) is 5. The Balaban J connectivity index is 1.70. The van der Waals surface area contributed by atoms with Gasteiger partial charge in [-0.1, -0.05) is 28.9 Å². The highest BCUT2D eigenvalue weighted by molar-refractivity contribution is 7.89. The van der Waals surface area contributed by atoms with E-state index >= 15 is 0 Å². The molecule has 0 unspecified atom stereocenters. The van der Waals surface area contributed by atoms with E-state index in [1.165, 1.54) is 17.5 Å². The second-order valence-electron chi connectivity index (χ2n) is 5.18. The highest BCUT2D eigenvalue weighted by Crippen LogP contribution is 2.33. The van der Waals surface area contributed by atoms with Crippen molar-refractivity contribution in [3.8, 4) is 10.6 Å². The van der Waals surface area contributed by atoms with E-state index in [9.17, 15) is 8.42 Å². The van der Waals surface area contributed by atoms with E-state index in [4.69, 9.17) is 16.1 Å². The Hall–Kier alpha value is -1.67. The third-order valence-corrected chi connectivity index (χ3v) is 6.49. The minimum atomic E-state index is -3.57. The van der Waals surface area contributed by atoms with Crippen LogP contribution in [0, 0.1) is 6.92 Å². The summed E-state index contributed by atoms with van der Waals surface area (Å²) in [5.41, 5.74) is 1.02. The Morgan fingerprint density at radius 1 is 1.25 bits per heavy atom. The molecule has 2 aromatic heterocycles. The lowest BCUT2D eigenvalue weighted by atomic mass is 10.2. The lowest BCUT2D eigenvalue weighted by Crippen LogP contribution is -2.26. The molecule has 2 heterocycles. The Labute approximate surface area is 149 Å². The monoisotopic (exact) mass is 382 g/mol. The van der Waals surface area contributed by atoms with E-state index in [2.05, 4.69) is 9.88 Å². The molecule has 0 fully saturated rings. The summed E-state index contributed by atoms with van der Waals surface area (Å²) in [4.78, 5) is 1.72. The summed E-state index contributed by atoms with van der Waals surface area (Å²) >= 11 is 7.20. The first-order valence-electron chi connectivity index (χ1n) is 7.21. The van der Waals surface area contributed by atoms with Crippen molar-refractivity contribution in [2.24, 2.45) is 0 Å². The summed E-state index contributed by atoms with van der Waals surface area (Å²) in [5.74, 6) is 0.561. The minimum Gasteiger partial charge on any atom is -0.355 e. The van der Waals surface area contributed by atoms with Gasteiger partial charge in [0.25, 0.3) is 0 Å². The maximum atomic E-state index is 12.5. The van der Waals surface area contributed by atoms with Gasteiger partial charge in [-0.05, 0) is 37.1 Å². The van der Waals surface area contributed by atoms with E-state index in [0.29, 0.717) is 28.6 Å². The molecule has 3 rings (SSSR count). The Morgan fingerprint density at radius 3 is 2.67 bits per heavy atom. The van der Waals surface area contributed by atoms with Crippen molar-refractivity contribution in [3.63, 3.8) is 0 Å². The third-order valence-electron chi connectivity index (χ3n) is 3.46. The Bertz CT molecular complexity index is 917. The lowest BCUT2D eigenvalue weighted by molar-refractivity contribution is 0.433. The second-order valence-corrected chi connectivity index (χ2v) is 8.61. The highest BCUT2D eigenvalue weighted by atomic mass is 35.5. The van der Waals surface area contributed by atoms with Gasteiger partial charge in [0.05, 0.1) is 16.0 Å². The molecule has 0 amide bonds. The van der Waals surface area contributed by atoms with E-state index in [-0.39, 0.29) is 4.90 Å². The third kappa shape index (κ3) is 3.87. The Morgan fingerprint density at radius 2 is 2.00 bits per heavy atom. The number of aromatic nitrogens is 1. The van der Waals surface area contributed by atoms with Crippen molar-refractivity contribution in [1.29, 1.82) is 0 Å². The van der Waals surface area contributed by atoms with Crippen LogP contribution in [0.2, 0.25) is 5.02 Å². The van der Waals surface area contributed by atoms with Crippen molar-refractivity contribution >= 4 is 33.0 Å². The molecule has 126 valence electrons. The van der Waals surface area contributed by atoms with E-state index in [0.717, 1.165) is 10.4 Å². The summed E-state index contributed by atoms with van der Waals surface area (Å²) in [7, 11) is -3.57.